The van der Waals surface area contributed by atoms with Gasteiger partial charge < -0.3 is 9.47 Å². The molecule has 0 saturated carbocycles. The van der Waals surface area contributed by atoms with Gasteiger partial charge in [0, 0.05) is 6.07 Å². The summed E-state index contributed by atoms with van der Waals surface area (Å²) in [7, 11) is -0.980. The highest BCUT2D eigenvalue weighted by Gasteiger charge is 2.18. The molecule has 0 unspecified atom stereocenters. The number of ether oxygens (including phenoxy) is 2. The number of benzene rings is 2. The number of methoxy groups -OCH3 is 2. The Kier molecular flexibility index (Phi) is 5.01. The fourth-order valence-electron chi connectivity index (χ4n) is 1.94. The van der Waals surface area contributed by atoms with Crippen molar-refractivity contribution in [3.63, 3.8) is 0 Å². The van der Waals surface area contributed by atoms with Gasteiger partial charge in [0.2, 0.25) is 0 Å². The molecule has 0 atom stereocenters. The van der Waals surface area contributed by atoms with E-state index in [0.717, 1.165) is 18.2 Å². The first kappa shape index (κ1) is 17.4. The smallest absolute Gasteiger partial charge is 0.261 e. The molecule has 0 heterocycles. The lowest BCUT2D eigenvalue weighted by atomic mass is 10.2. The molecule has 0 spiro atoms. The predicted octanol–water partition coefficient (Wildman–Crippen LogP) is 3.61. The van der Waals surface area contributed by atoms with Gasteiger partial charge in [-0.05, 0) is 36.8 Å². The van der Waals surface area contributed by atoms with Gasteiger partial charge in [0.25, 0.3) is 10.0 Å². The van der Waals surface area contributed by atoms with E-state index in [0.29, 0.717) is 22.7 Å². The maximum Gasteiger partial charge on any atom is 0.261 e. The van der Waals surface area contributed by atoms with E-state index >= 15 is 0 Å². The molecule has 0 aliphatic carbocycles. The SMILES string of the molecule is COc1cc(C)c(NS(=O)(=O)c2ccc(F)c(Cl)c2)cc1OC. The van der Waals surface area contributed by atoms with E-state index in [1.165, 1.54) is 20.3 Å². The zero-order chi connectivity index (χ0) is 17.2. The topological polar surface area (TPSA) is 64.6 Å². The van der Waals surface area contributed by atoms with Crippen LogP contribution in [0.1, 0.15) is 5.56 Å². The average Bonchev–Trinajstić information content (AvgIpc) is 2.51. The minimum Gasteiger partial charge on any atom is -0.493 e. The van der Waals surface area contributed by atoms with Crippen LogP contribution in [-0.2, 0) is 10.0 Å². The lowest BCUT2D eigenvalue weighted by Crippen LogP contribution is -2.14. The van der Waals surface area contributed by atoms with E-state index in [4.69, 9.17) is 21.1 Å². The summed E-state index contributed by atoms with van der Waals surface area (Å²) in [6.07, 6.45) is 0. The summed E-state index contributed by atoms with van der Waals surface area (Å²) in [5, 5.41) is -0.267. The van der Waals surface area contributed by atoms with Crippen LogP contribution in [0.5, 0.6) is 11.5 Å². The molecule has 23 heavy (non-hydrogen) atoms. The molecule has 2 rings (SSSR count). The number of nitrogens with one attached hydrogen (secondary N) is 1. The number of sulfonamides is 1. The van der Waals surface area contributed by atoms with Crippen LogP contribution in [0.15, 0.2) is 35.2 Å². The highest BCUT2D eigenvalue weighted by Crippen LogP contribution is 2.34. The molecule has 5 nitrogen and oxygen atoms in total. The summed E-state index contributed by atoms with van der Waals surface area (Å²) in [5.41, 5.74) is 0.961. The van der Waals surface area contributed by atoms with Crippen molar-refractivity contribution in [3.05, 3.63) is 46.7 Å². The van der Waals surface area contributed by atoms with Crippen LogP contribution in [0.3, 0.4) is 0 Å². The number of rotatable bonds is 5. The molecule has 0 bridgehead atoms. The molecule has 2 aromatic carbocycles. The Labute approximate surface area is 139 Å². The Morgan fingerprint density at radius 1 is 1.09 bits per heavy atom. The third kappa shape index (κ3) is 3.68. The fourth-order valence-corrected chi connectivity index (χ4v) is 3.33. The Morgan fingerprint density at radius 3 is 2.26 bits per heavy atom. The Balaban J connectivity index is 2.42. The van der Waals surface area contributed by atoms with Gasteiger partial charge in [-0.25, -0.2) is 12.8 Å². The molecule has 8 heteroatoms. The third-order valence-electron chi connectivity index (χ3n) is 3.18. The normalized spacial score (nSPS) is 11.2. The first-order valence-corrected chi connectivity index (χ1v) is 8.35. The van der Waals surface area contributed by atoms with Gasteiger partial charge >= 0.3 is 0 Å². The van der Waals surface area contributed by atoms with Gasteiger partial charge in [-0.2, -0.15) is 0 Å². The molecule has 2 aromatic rings. The van der Waals surface area contributed by atoms with E-state index < -0.39 is 15.8 Å². The molecule has 0 aliphatic heterocycles. The number of hydrogen-bond acceptors (Lipinski definition) is 4. The van der Waals surface area contributed by atoms with Crippen molar-refractivity contribution >= 4 is 27.3 Å². The second-order valence-corrected chi connectivity index (χ2v) is 6.79. The van der Waals surface area contributed by atoms with Crippen LogP contribution in [-0.4, -0.2) is 22.6 Å². The molecule has 0 amide bonds. The van der Waals surface area contributed by atoms with Gasteiger partial charge in [-0.15, -0.1) is 0 Å². The molecule has 0 aromatic heterocycles. The van der Waals surface area contributed by atoms with E-state index in [1.807, 2.05) is 0 Å². The number of hydrogen-bond donors (Lipinski definition) is 1. The summed E-state index contributed by atoms with van der Waals surface area (Å²) in [6, 6.07) is 6.35. The maximum absolute atomic E-state index is 13.2. The molecular weight excluding hydrogens is 345 g/mol. The fraction of sp³-hybridized carbons (Fsp3) is 0.200. The molecule has 0 saturated heterocycles. The summed E-state index contributed by atoms with van der Waals surface area (Å²) in [6.45, 7) is 1.72. The van der Waals surface area contributed by atoms with Crippen molar-refractivity contribution in [2.24, 2.45) is 0 Å². The lowest BCUT2D eigenvalue weighted by Gasteiger charge is -2.14. The van der Waals surface area contributed by atoms with Gasteiger partial charge in [-0.1, -0.05) is 11.6 Å². The predicted molar refractivity (Wildman–Crippen MR) is 86.5 cm³/mol. The monoisotopic (exact) mass is 359 g/mol. The van der Waals surface area contributed by atoms with Crippen molar-refractivity contribution in [3.8, 4) is 11.5 Å². The first-order valence-electron chi connectivity index (χ1n) is 6.49. The second kappa shape index (κ2) is 6.64. The quantitative estimate of drug-likeness (QED) is 0.885. The van der Waals surface area contributed by atoms with E-state index in [-0.39, 0.29) is 9.92 Å². The highest BCUT2D eigenvalue weighted by atomic mass is 35.5. The van der Waals surface area contributed by atoms with Crippen molar-refractivity contribution in [2.75, 3.05) is 18.9 Å². The van der Waals surface area contributed by atoms with Crippen molar-refractivity contribution in [1.82, 2.24) is 0 Å². The lowest BCUT2D eigenvalue weighted by molar-refractivity contribution is 0.355. The van der Waals surface area contributed by atoms with Crippen LogP contribution >= 0.6 is 11.6 Å². The van der Waals surface area contributed by atoms with Gasteiger partial charge in [0.1, 0.15) is 5.82 Å². The first-order chi connectivity index (χ1) is 10.8. The number of halogens is 2. The summed E-state index contributed by atoms with van der Waals surface area (Å²) >= 11 is 5.64. The highest BCUT2D eigenvalue weighted by molar-refractivity contribution is 7.92. The zero-order valence-electron chi connectivity index (χ0n) is 12.7. The Morgan fingerprint density at radius 2 is 1.70 bits per heavy atom. The van der Waals surface area contributed by atoms with Crippen LogP contribution in [0, 0.1) is 12.7 Å². The van der Waals surface area contributed by atoms with Crippen molar-refractivity contribution in [1.29, 1.82) is 0 Å². The van der Waals surface area contributed by atoms with Crippen LogP contribution in [0.25, 0.3) is 0 Å². The Bertz CT molecular complexity index is 840. The summed E-state index contributed by atoms with van der Waals surface area (Å²) in [4.78, 5) is -0.141. The Hall–Kier alpha value is -1.99. The maximum atomic E-state index is 13.2. The standard InChI is InChI=1S/C15H15ClFNO4S/c1-9-6-14(21-2)15(22-3)8-13(9)18-23(19,20)10-4-5-12(17)11(16)7-10/h4-8,18H,1-3H3. The zero-order valence-corrected chi connectivity index (χ0v) is 14.3. The van der Waals surface area contributed by atoms with Crippen molar-refractivity contribution in [2.45, 2.75) is 11.8 Å². The molecule has 1 N–H and O–H groups in total. The largest absolute Gasteiger partial charge is 0.493 e. The second-order valence-electron chi connectivity index (χ2n) is 4.70. The van der Waals surface area contributed by atoms with Gasteiger partial charge in [0.15, 0.2) is 11.5 Å². The van der Waals surface area contributed by atoms with Crippen LogP contribution in [0.4, 0.5) is 10.1 Å². The van der Waals surface area contributed by atoms with Crippen molar-refractivity contribution < 1.29 is 22.3 Å². The van der Waals surface area contributed by atoms with E-state index in [2.05, 4.69) is 4.72 Å². The van der Waals surface area contributed by atoms with Gasteiger partial charge in [-0.3, -0.25) is 4.72 Å². The van der Waals surface area contributed by atoms with E-state index in [1.54, 1.807) is 13.0 Å². The van der Waals surface area contributed by atoms with Crippen LogP contribution in [0.2, 0.25) is 5.02 Å². The molecule has 0 radical (unpaired) electrons. The average molecular weight is 360 g/mol. The molecule has 0 aliphatic rings. The summed E-state index contributed by atoms with van der Waals surface area (Å²) in [5.74, 6) is 0.179. The third-order valence-corrected chi connectivity index (χ3v) is 4.83. The minimum absolute atomic E-state index is 0.141. The molecular formula is C15H15ClFNO4S. The number of aryl methyl sites for hydroxylation is 1. The van der Waals surface area contributed by atoms with Crippen LogP contribution < -0.4 is 14.2 Å². The van der Waals surface area contributed by atoms with Gasteiger partial charge in [0.05, 0.1) is 29.8 Å². The molecule has 124 valence electrons. The summed E-state index contributed by atoms with van der Waals surface area (Å²) < 4.78 is 50.7. The minimum atomic E-state index is -3.92. The molecule has 0 fully saturated rings. The van der Waals surface area contributed by atoms with E-state index in [9.17, 15) is 12.8 Å². The number of anilines is 1.